The standard InChI is InChI=1S/C31H45NO9/c1-22(11-13-36-4)40-14-12-31(2,3)41-16-15-39-20-24-18-27(37-5)29(28(19-24)38-6)25-9-7-23(8-10-25)17-26(30(34)35)32-21-33/h7-10,18-19,21-22,26H,11-17,20H2,1-6H3,(H,32,33)(H,34,35). The van der Waals surface area contributed by atoms with Crippen LogP contribution in [0.3, 0.4) is 0 Å². The Labute approximate surface area is 243 Å². The smallest absolute Gasteiger partial charge is 0.326 e. The van der Waals surface area contributed by atoms with E-state index in [2.05, 4.69) is 5.32 Å². The molecule has 0 bridgehead atoms. The summed E-state index contributed by atoms with van der Waals surface area (Å²) in [6.07, 6.45) is 2.35. The molecule has 2 rings (SSSR count). The van der Waals surface area contributed by atoms with Gasteiger partial charge in [0.25, 0.3) is 0 Å². The van der Waals surface area contributed by atoms with Crippen LogP contribution in [0.2, 0.25) is 0 Å². The van der Waals surface area contributed by atoms with Gasteiger partial charge < -0.3 is 38.8 Å². The lowest BCUT2D eigenvalue weighted by molar-refractivity contribution is -0.140. The van der Waals surface area contributed by atoms with Crippen LogP contribution in [-0.2, 0) is 41.6 Å². The molecule has 0 aliphatic carbocycles. The van der Waals surface area contributed by atoms with Crippen LogP contribution in [0.4, 0.5) is 0 Å². The molecule has 228 valence electrons. The number of rotatable bonds is 21. The quantitative estimate of drug-likeness (QED) is 0.166. The van der Waals surface area contributed by atoms with Gasteiger partial charge in [-0.05, 0) is 62.4 Å². The zero-order chi connectivity index (χ0) is 30.3. The van der Waals surface area contributed by atoms with E-state index in [9.17, 15) is 14.7 Å². The number of carboxylic acids is 1. The fourth-order valence-corrected chi connectivity index (χ4v) is 4.19. The summed E-state index contributed by atoms with van der Waals surface area (Å²) < 4.78 is 34.2. The van der Waals surface area contributed by atoms with E-state index < -0.39 is 12.0 Å². The number of methoxy groups -OCH3 is 3. The van der Waals surface area contributed by atoms with Gasteiger partial charge in [0.05, 0.1) is 51.3 Å². The summed E-state index contributed by atoms with van der Waals surface area (Å²) in [6, 6.07) is 10.2. The number of carbonyl (C=O) groups excluding carboxylic acids is 1. The van der Waals surface area contributed by atoms with Crippen molar-refractivity contribution in [2.75, 3.05) is 47.8 Å². The van der Waals surface area contributed by atoms with Crippen molar-refractivity contribution in [1.29, 1.82) is 0 Å². The van der Waals surface area contributed by atoms with Crippen LogP contribution in [0.1, 0.15) is 44.7 Å². The predicted molar refractivity (Wildman–Crippen MR) is 156 cm³/mol. The summed E-state index contributed by atoms with van der Waals surface area (Å²) in [6.45, 7) is 8.68. The largest absolute Gasteiger partial charge is 0.496 e. The number of ether oxygens (including phenoxy) is 6. The highest BCUT2D eigenvalue weighted by molar-refractivity contribution is 5.78. The molecule has 41 heavy (non-hydrogen) atoms. The molecule has 0 radical (unpaired) electrons. The molecule has 0 saturated heterocycles. The molecule has 2 aromatic rings. The van der Waals surface area contributed by atoms with E-state index in [1.165, 1.54) is 0 Å². The van der Waals surface area contributed by atoms with Crippen molar-refractivity contribution in [3.05, 3.63) is 47.5 Å². The second-order valence-electron chi connectivity index (χ2n) is 10.3. The minimum absolute atomic E-state index is 0.150. The summed E-state index contributed by atoms with van der Waals surface area (Å²) in [5.74, 6) is 0.156. The average Bonchev–Trinajstić information content (AvgIpc) is 2.95. The third-order valence-electron chi connectivity index (χ3n) is 6.64. The lowest BCUT2D eigenvalue weighted by Gasteiger charge is -2.26. The molecule has 0 heterocycles. The molecular formula is C31H45NO9. The normalized spacial score (nSPS) is 12.9. The van der Waals surface area contributed by atoms with Crippen LogP contribution < -0.4 is 14.8 Å². The zero-order valence-corrected chi connectivity index (χ0v) is 25.1. The molecule has 1 amide bonds. The first kappa shape index (κ1) is 34.0. The van der Waals surface area contributed by atoms with Crippen molar-refractivity contribution in [3.8, 4) is 22.6 Å². The number of carbonyl (C=O) groups is 2. The number of hydrogen-bond acceptors (Lipinski definition) is 8. The van der Waals surface area contributed by atoms with E-state index in [1.54, 1.807) is 21.3 Å². The lowest BCUT2D eigenvalue weighted by atomic mass is 9.98. The number of hydrogen-bond donors (Lipinski definition) is 2. The molecule has 0 saturated carbocycles. The molecule has 2 aromatic carbocycles. The molecule has 0 aliphatic heterocycles. The van der Waals surface area contributed by atoms with Gasteiger partial charge in [-0.1, -0.05) is 24.3 Å². The molecule has 2 N–H and O–H groups in total. The molecule has 0 aliphatic rings. The van der Waals surface area contributed by atoms with Crippen LogP contribution in [0.15, 0.2) is 36.4 Å². The first-order chi connectivity index (χ1) is 19.6. The number of benzene rings is 2. The molecule has 2 atom stereocenters. The van der Waals surface area contributed by atoms with E-state index in [0.717, 1.165) is 35.1 Å². The summed E-state index contributed by atoms with van der Waals surface area (Å²) >= 11 is 0. The maximum atomic E-state index is 11.3. The second kappa shape index (κ2) is 17.6. The van der Waals surface area contributed by atoms with Gasteiger partial charge in [0, 0.05) is 26.7 Å². The Morgan fingerprint density at radius 1 is 0.976 bits per heavy atom. The van der Waals surface area contributed by atoms with Crippen molar-refractivity contribution in [2.24, 2.45) is 0 Å². The highest BCUT2D eigenvalue weighted by atomic mass is 16.5. The Hall–Kier alpha value is -3.18. The number of nitrogens with one attached hydrogen (secondary N) is 1. The molecule has 0 spiro atoms. The number of aliphatic carboxylic acids is 1. The first-order valence-corrected chi connectivity index (χ1v) is 13.7. The monoisotopic (exact) mass is 575 g/mol. The van der Waals surface area contributed by atoms with E-state index in [0.29, 0.717) is 50.9 Å². The minimum Gasteiger partial charge on any atom is -0.496 e. The zero-order valence-electron chi connectivity index (χ0n) is 25.1. The number of carboxylic acid groups (broad SMARTS) is 1. The highest BCUT2D eigenvalue weighted by Crippen LogP contribution is 2.40. The average molecular weight is 576 g/mol. The van der Waals surface area contributed by atoms with Crippen molar-refractivity contribution in [1.82, 2.24) is 5.32 Å². The van der Waals surface area contributed by atoms with E-state index in [4.69, 9.17) is 28.4 Å². The second-order valence-corrected chi connectivity index (χ2v) is 10.3. The molecule has 10 nitrogen and oxygen atoms in total. The Bertz CT molecular complexity index is 1050. The van der Waals surface area contributed by atoms with Gasteiger partial charge in [0.1, 0.15) is 17.5 Å². The summed E-state index contributed by atoms with van der Waals surface area (Å²) in [4.78, 5) is 22.1. The highest BCUT2D eigenvalue weighted by Gasteiger charge is 2.20. The van der Waals surface area contributed by atoms with Gasteiger partial charge in [-0.2, -0.15) is 0 Å². The summed E-state index contributed by atoms with van der Waals surface area (Å²) in [5, 5.41) is 11.6. The number of amides is 1. The van der Waals surface area contributed by atoms with Crippen LogP contribution in [0, 0.1) is 0 Å². The van der Waals surface area contributed by atoms with Crippen LogP contribution in [0.25, 0.3) is 11.1 Å². The van der Waals surface area contributed by atoms with Gasteiger partial charge in [-0.3, -0.25) is 4.79 Å². The fraction of sp³-hybridized carbons (Fsp3) is 0.548. The van der Waals surface area contributed by atoms with Crippen molar-refractivity contribution in [2.45, 2.75) is 64.4 Å². The van der Waals surface area contributed by atoms with E-state index in [1.807, 2.05) is 57.2 Å². The summed E-state index contributed by atoms with van der Waals surface area (Å²) in [7, 11) is 4.88. The van der Waals surface area contributed by atoms with Crippen LogP contribution >= 0.6 is 0 Å². The van der Waals surface area contributed by atoms with E-state index >= 15 is 0 Å². The van der Waals surface area contributed by atoms with Gasteiger partial charge >= 0.3 is 5.97 Å². The maximum absolute atomic E-state index is 11.3. The lowest BCUT2D eigenvalue weighted by Crippen LogP contribution is -2.37. The predicted octanol–water partition coefficient (Wildman–Crippen LogP) is 4.26. The molecule has 0 fully saturated rings. The van der Waals surface area contributed by atoms with Crippen LogP contribution in [0.5, 0.6) is 11.5 Å². The maximum Gasteiger partial charge on any atom is 0.326 e. The van der Waals surface area contributed by atoms with Crippen molar-refractivity contribution < 1.29 is 43.1 Å². The van der Waals surface area contributed by atoms with E-state index in [-0.39, 0.29) is 18.1 Å². The van der Waals surface area contributed by atoms with Gasteiger partial charge in [-0.15, -0.1) is 0 Å². The molecule has 2 unspecified atom stereocenters. The van der Waals surface area contributed by atoms with Crippen molar-refractivity contribution in [3.63, 3.8) is 0 Å². The van der Waals surface area contributed by atoms with Gasteiger partial charge in [0.2, 0.25) is 6.41 Å². The first-order valence-electron chi connectivity index (χ1n) is 13.7. The van der Waals surface area contributed by atoms with Crippen LogP contribution in [-0.4, -0.2) is 83.0 Å². The molecule has 0 aromatic heterocycles. The molecular weight excluding hydrogens is 530 g/mol. The Morgan fingerprint density at radius 2 is 1.63 bits per heavy atom. The SMILES string of the molecule is COCCC(C)OCCC(C)(C)OCCOCc1cc(OC)c(-c2ccc(CC(NC=O)C(=O)O)cc2)c(OC)c1. The topological polar surface area (TPSA) is 122 Å². The fourth-order valence-electron chi connectivity index (χ4n) is 4.19. The Balaban J connectivity index is 1.94. The minimum atomic E-state index is -1.09. The summed E-state index contributed by atoms with van der Waals surface area (Å²) in [5.41, 5.74) is 2.95. The molecule has 10 heteroatoms. The van der Waals surface area contributed by atoms with Gasteiger partial charge in [0.15, 0.2) is 0 Å². The Morgan fingerprint density at radius 3 is 2.20 bits per heavy atom. The van der Waals surface area contributed by atoms with Crippen molar-refractivity contribution >= 4 is 12.4 Å². The third kappa shape index (κ3) is 11.7. The Kier molecular flexibility index (Phi) is 14.6. The third-order valence-corrected chi connectivity index (χ3v) is 6.64. The van der Waals surface area contributed by atoms with Gasteiger partial charge in [-0.25, -0.2) is 4.79 Å².